The van der Waals surface area contributed by atoms with Crippen LogP contribution in [-0.4, -0.2) is 22.9 Å². The first kappa shape index (κ1) is 13.2. The van der Waals surface area contributed by atoms with Crippen LogP contribution in [0.15, 0.2) is 18.2 Å². The van der Waals surface area contributed by atoms with E-state index in [1.165, 1.54) is 0 Å². The molecule has 3 nitrogen and oxygen atoms in total. The molecule has 0 unspecified atom stereocenters. The maximum atomic E-state index is 9.08. The van der Waals surface area contributed by atoms with Crippen molar-refractivity contribution < 1.29 is 5.11 Å². The molecule has 0 aliphatic carbocycles. The van der Waals surface area contributed by atoms with Gasteiger partial charge in [0, 0.05) is 17.3 Å². The molecule has 0 radical (unpaired) electrons. The number of benzene rings is 1. The molecule has 0 saturated heterocycles. The van der Waals surface area contributed by atoms with E-state index in [4.69, 9.17) is 28.9 Å². The topological polar surface area (TPSA) is 44.3 Å². The Morgan fingerprint density at radius 2 is 2.25 bits per heavy atom. The summed E-state index contributed by atoms with van der Waals surface area (Å²) in [6.07, 6.45) is -0.429. The molecule has 5 heteroatoms. The fourth-order valence-corrected chi connectivity index (χ4v) is 1.47. The summed E-state index contributed by atoms with van der Waals surface area (Å²) in [5.41, 5.74) is 1.86. The van der Waals surface area contributed by atoms with Crippen molar-refractivity contribution in [3.05, 3.63) is 28.8 Å². The second-order valence-electron chi connectivity index (χ2n) is 3.65. The number of aliphatic hydroxyl groups is 1. The largest absolute Gasteiger partial charge is 0.392 e. The van der Waals surface area contributed by atoms with Crippen LogP contribution in [0.2, 0.25) is 5.02 Å². The van der Waals surface area contributed by atoms with Gasteiger partial charge >= 0.3 is 0 Å². The van der Waals surface area contributed by atoms with Crippen molar-refractivity contribution in [2.75, 3.05) is 11.9 Å². The summed E-state index contributed by atoms with van der Waals surface area (Å²) >= 11 is 11.0. The van der Waals surface area contributed by atoms with Crippen molar-refractivity contribution in [1.82, 2.24) is 5.32 Å². The van der Waals surface area contributed by atoms with Gasteiger partial charge in [-0.05, 0) is 43.8 Å². The van der Waals surface area contributed by atoms with E-state index in [-0.39, 0.29) is 0 Å². The van der Waals surface area contributed by atoms with E-state index in [0.29, 0.717) is 16.7 Å². The van der Waals surface area contributed by atoms with Crippen molar-refractivity contribution in [3.63, 3.8) is 0 Å². The lowest BCUT2D eigenvalue weighted by Gasteiger charge is -2.12. The molecule has 0 heterocycles. The molecule has 0 amide bonds. The Bertz CT molecular complexity index is 382. The number of hydrogen-bond acceptors (Lipinski definition) is 2. The Balaban J connectivity index is 2.53. The zero-order chi connectivity index (χ0) is 12.1. The first-order chi connectivity index (χ1) is 7.49. The minimum Gasteiger partial charge on any atom is -0.392 e. The van der Waals surface area contributed by atoms with Gasteiger partial charge in [0.1, 0.15) is 0 Å². The van der Waals surface area contributed by atoms with E-state index in [9.17, 15) is 0 Å². The number of anilines is 1. The monoisotopic (exact) mass is 258 g/mol. The van der Waals surface area contributed by atoms with Gasteiger partial charge in [-0.25, -0.2) is 0 Å². The summed E-state index contributed by atoms with van der Waals surface area (Å²) in [5, 5.41) is 16.1. The Kier molecular flexibility index (Phi) is 4.99. The zero-order valence-electron chi connectivity index (χ0n) is 9.25. The highest BCUT2D eigenvalue weighted by molar-refractivity contribution is 7.80. The summed E-state index contributed by atoms with van der Waals surface area (Å²) < 4.78 is 0. The molecule has 16 heavy (non-hydrogen) atoms. The quantitative estimate of drug-likeness (QED) is 0.728. The van der Waals surface area contributed by atoms with Crippen molar-refractivity contribution in [2.24, 2.45) is 0 Å². The average molecular weight is 259 g/mol. The summed E-state index contributed by atoms with van der Waals surface area (Å²) in [6.45, 7) is 4.06. The first-order valence-electron chi connectivity index (χ1n) is 4.98. The molecular formula is C11H15ClN2OS. The molecule has 88 valence electrons. The molecule has 0 fully saturated rings. The van der Waals surface area contributed by atoms with Crippen LogP contribution in [0.5, 0.6) is 0 Å². The average Bonchev–Trinajstić information content (AvgIpc) is 2.21. The van der Waals surface area contributed by atoms with Crippen LogP contribution in [0.25, 0.3) is 0 Å². The maximum absolute atomic E-state index is 9.08. The number of hydrogen-bond donors (Lipinski definition) is 3. The van der Waals surface area contributed by atoms with Crippen molar-refractivity contribution >= 4 is 34.6 Å². The SMILES string of the molecule is Cc1ccc(NC(=S)NC[C@@H](C)O)cc1Cl. The molecule has 0 aromatic heterocycles. The van der Waals surface area contributed by atoms with E-state index in [1.807, 2.05) is 25.1 Å². The Morgan fingerprint density at radius 3 is 2.81 bits per heavy atom. The van der Waals surface area contributed by atoms with Gasteiger partial charge in [0.05, 0.1) is 6.10 Å². The molecule has 0 saturated carbocycles. The number of aryl methyl sites for hydroxylation is 1. The summed E-state index contributed by atoms with van der Waals surface area (Å²) in [4.78, 5) is 0. The van der Waals surface area contributed by atoms with E-state index < -0.39 is 6.10 Å². The molecule has 3 N–H and O–H groups in total. The number of thiocarbonyl (C=S) groups is 1. The van der Waals surface area contributed by atoms with Gasteiger partial charge < -0.3 is 15.7 Å². The van der Waals surface area contributed by atoms with Gasteiger partial charge in [0.15, 0.2) is 5.11 Å². The summed E-state index contributed by atoms with van der Waals surface area (Å²) in [7, 11) is 0. The molecular weight excluding hydrogens is 244 g/mol. The molecule has 1 aromatic rings. The van der Waals surface area contributed by atoms with Crippen LogP contribution < -0.4 is 10.6 Å². The van der Waals surface area contributed by atoms with Gasteiger partial charge in [-0.1, -0.05) is 17.7 Å². The van der Waals surface area contributed by atoms with Crippen molar-refractivity contribution in [3.8, 4) is 0 Å². The van der Waals surface area contributed by atoms with E-state index in [2.05, 4.69) is 10.6 Å². The highest BCUT2D eigenvalue weighted by Gasteiger charge is 2.01. The van der Waals surface area contributed by atoms with Crippen LogP contribution in [0, 0.1) is 6.92 Å². The Hall–Kier alpha value is -0.840. The third-order valence-electron chi connectivity index (χ3n) is 1.99. The lowest BCUT2D eigenvalue weighted by molar-refractivity contribution is 0.198. The number of halogens is 1. The smallest absolute Gasteiger partial charge is 0.170 e. The van der Waals surface area contributed by atoms with E-state index >= 15 is 0 Å². The second-order valence-corrected chi connectivity index (χ2v) is 4.46. The molecule has 1 atom stereocenters. The minimum atomic E-state index is -0.429. The number of rotatable bonds is 3. The highest BCUT2D eigenvalue weighted by Crippen LogP contribution is 2.19. The van der Waals surface area contributed by atoms with E-state index in [0.717, 1.165) is 11.3 Å². The maximum Gasteiger partial charge on any atom is 0.170 e. The molecule has 0 bridgehead atoms. The first-order valence-corrected chi connectivity index (χ1v) is 5.76. The van der Waals surface area contributed by atoms with Crippen LogP contribution in [0.3, 0.4) is 0 Å². The molecule has 1 rings (SSSR count). The van der Waals surface area contributed by atoms with Gasteiger partial charge in [0.2, 0.25) is 0 Å². The molecule has 0 aliphatic rings. The standard InChI is InChI=1S/C11H15ClN2OS/c1-7-3-4-9(5-10(7)12)14-11(16)13-6-8(2)15/h3-5,8,15H,6H2,1-2H3,(H2,13,14,16)/t8-/m1/s1. The fraction of sp³-hybridized carbons (Fsp3) is 0.364. The zero-order valence-corrected chi connectivity index (χ0v) is 10.8. The molecule has 0 spiro atoms. The third kappa shape index (κ3) is 4.35. The van der Waals surface area contributed by atoms with E-state index in [1.54, 1.807) is 6.92 Å². The van der Waals surface area contributed by atoms with Gasteiger partial charge in [-0.3, -0.25) is 0 Å². The molecule has 1 aromatic carbocycles. The van der Waals surface area contributed by atoms with Crippen LogP contribution in [0.4, 0.5) is 5.69 Å². The summed E-state index contributed by atoms with van der Waals surface area (Å²) in [6, 6.07) is 5.63. The number of aliphatic hydroxyl groups excluding tert-OH is 1. The van der Waals surface area contributed by atoms with Crippen LogP contribution >= 0.6 is 23.8 Å². The predicted molar refractivity (Wildman–Crippen MR) is 72.1 cm³/mol. The summed E-state index contributed by atoms with van der Waals surface area (Å²) in [5.74, 6) is 0. The van der Waals surface area contributed by atoms with Crippen LogP contribution in [-0.2, 0) is 0 Å². The van der Waals surface area contributed by atoms with Gasteiger partial charge in [-0.2, -0.15) is 0 Å². The lowest BCUT2D eigenvalue weighted by Crippen LogP contribution is -2.33. The van der Waals surface area contributed by atoms with Crippen molar-refractivity contribution in [2.45, 2.75) is 20.0 Å². The third-order valence-corrected chi connectivity index (χ3v) is 2.64. The Labute approximate surface area is 106 Å². The highest BCUT2D eigenvalue weighted by atomic mass is 35.5. The van der Waals surface area contributed by atoms with Crippen LogP contribution in [0.1, 0.15) is 12.5 Å². The van der Waals surface area contributed by atoms with Gasteiger partial charge in [-0.15, -0.1) is 0 Å². The van der Waals surface area contributed by atoms with Gasteiger partial charge in [0.25, 0.3) is 0 Å². The normalized spacial score (nSPS) is 12.0. The lowest BCUT2D eigenvalue weighted by atomic mass is 10.2. The predicted octanol–water partition coefficient (Wildman–Crippen LogP) is 2.32. The van der Waals surface area contributed by atoms with Crippen molar-refractivity contribution in [1.29, 1.82) is 0 Å². The molecule has 0 aliphatic heterocycles. The fourth-order valence-electron chi connectivity index (χ4n) is 1.09. The minimum absolute atomic E-state index is 0.422. The second kappa shape index (κ2) is 6.03. The number of nitrogens with one attached hydrogen (secondary N) is 2. The Morgan fingerprint density at radius 1 is 1.56 bits per heavy atom.